The minimum absolute atomic E-state index is 0.0449. The Morgan fingerprint density at radius 2 is 2.10 bits per heavy atom. The van der Waals surface area contributed by atoms with Crippen LogP contribution < -0.4 is 5.73 Å². The van der Waals surface area contributed by atoms with Crippen LogP contribution in [0.1, 0.15) is 53.9 Å². The number of carbonyl (C=O) groups excluding carboxylic acids is 1. The van der Waals surface area contributed by atoms with Crippen LogP contribution in [0, 0.1) is 5.41 Å². The van der Waals surface area contributed by atoms with Gasteiger partial charge in [0.2, 0.25) is 0 Å². The highest BCUT2D eigenvalue weighted by molar-refractivity contribution is 5.69. The first-order chi connectivity index (χ1) is 9.06. The molecule has 0 aliphatic carbocycles. The van der Waals surface area contributed by atoms with Crippen molar-refractivity contribution in [2.45, 2.75) is 71.6 Å². The monoisotopic (exact) mass is 286 g/mol. The Bertz CT molecular complexity index is 337. The van der Waals surface area contributed by atoms with E-state index in [2.05, 4.69) is 13.8 Å². The lowest BCUT2D eigenvalue weighted by atomic mass is 9.79. The second kappa shape index (κ2) is 6.31. The lowest BCUT2D eigenvalue weighted by Crippen LogP contribution is -2.57. The van der Waals surface area contributed by atoms with Crippen molar-refractivity contribution in [3.63, 3.8) is 0 Å². The van der Waals surface area contributed by atoms with Crippen LogP contribution in [0.4, 0.5) is 4.79 Å². The molecule has 0 aromatic carbocycles. The van der Waals surface area contributed by atoms with Crippen molar-refractivity contribution >= 4 is 6.09 Å². The lowest BCUT2D eigenvalue weighted by molar-refractivity contribution is -0.0129. The molecule has 2 atom stereocenters. The molecule has 5 heteroatoms. The molecule has 2 unspecified atom stereocenters. The molecular formula is C15H30N2O3. The van der Waals surface area contributed by atoms with Crippen molar-refractivity contribution < 1.29 is 14.6 Å². The highest BCUT2D eigenvalue weighted by atomic mass is 16.6. The first-order valence-corrected chi connectivity index (χ1v) is 7.42. The van der Waals surface area contributed by atoms with Gasteiger partial charge in [-0.15, -0.1) is 0 Å². The van der Waals surface area contributed by atoms with Gasteiger partial charge in [-0.1, -0.05) is 13.8 Å². The molecule has 0 saturated carbocycles. The maximum atomic E-state index is 12.4. The number of hydrogen-bond donors (Lipinski definition) is 2. The minimum atomic E-state index is -0.510. The fraction of sp³-hybridized carbons (Fsp3) is 0.933. The van der Waals surface area contributed by atoms with Gasteiger partial charge < -0.3 is 20.5 Å². The number of nitrogens with two attached hydrogens (primary N) is 1. The van der Waals surface area contributed by atoms with Crippen molar-refractivity contribution in [3.8, 4) is 0 Å². The third-order valence-corrected chi connectivity index (χ3v) is 3.70. The number of rotatable bonds is 3. The zero-order chi connectivity index (χ0) is 15.6. The van der Waals surface area contributed by atoms with Crippen LogP contribution in [0.15, 0.2) is 0 Å². The van der Waals surface area contributed by atoms with Gasteiger partial charge in [0.15, 0.2) is 0 Å². The van der Waals surface area contributed by atoms with Crippen LogP contribution in [0.25, 0.3) is 0 Å². The number of ether oxygens (including phenoxy) is 1. The molecule has 0 radical (unpaired) electrons. The number of carbonyl (C=O) groups is 1. The first kappa shape index (κ1) is 17.2. The average molecular weight is 286 g/mol. The van der Waals surface area contributed by atoms with Crippen molar-refractivity contribution in [2.75, 3.05) is 13.2 Å². The average Bonchev–Trinajstić information content (AvgIpc) is 2.25. The van der Waals surface area contributed by atoms with E-state index in [4.69, 9.17) is 15.6 Å². The summed E-state index contributed by atoms with van der Waals surface area (Å²) in [6.07, 6.45) is 2.08. The fourth-order valence-corrected chi connectivity index (χ4v) is 2.66. The Labute approximate surface area is 122 Å². The molecule has 118 valence electrons. The summed E-state index contributed by atoms with van der Waals surface area (Å²) >= 11 is 0. The number of nitrogens with zero attached hydrogens (tertiary/aromatic N) is 1. The van der Waals surface area contributed by atoms with E-state index in [1.807, 2.05) is 20.8 Å². The fourth-order valence-electron chi connectivity index (χ4n) is 2.66. The van der Waals surface area contributed by atoms with Gasteiger partial charge in [0.25, 0.3) is 0 Å². The summed E-state index contributed by atoms with van der Waals surface area (Å²) in [4.78, 5) is 14.2. The number of hydrogen-bond acceptors (Lipinski definition) is 4. The molecule has 1 rings (SSSR count). The van der Waals surface area contributed by atoms with Gasteiger partial charge in [0.1, 0.15) is 5.60 Å². The van der Waals surface area contributed by atoms with Crippen molar-refractivity contribution in [3.05, 3.63) is 0 Å². The van der Waals surface area contributed by atoms with Gasteiger partial charge in [0.05, 0.1) is 6.04 Å². The van der Waals surface area contributed by atoms with Gasteiger partial charge in [-0.25, -0.2) is 4.79 Å². The highest BCUT2D eigenvalue weighted by Crippen LogP contribution is 2.34. The molecular weight excluding hydrogens is 256 g/mol. The standard InChI is InChI=1S/C15H30N2O3/c1-14(2,3)20-13(19)17-10-15(4,5)8-6-12(17)11(16)7-9-18/h11-12,18H,6-10,16H2,1-5H3. The van der Waals surface area contributed by atoms with Gasteiger partial charge >= 0.3 is 6.09 Å². The van der Waals surface area contributed by atoms with E-state index in [1.165, 1.54) is 0 Å². The van der Waals surface area contributed by atoms with Crippen molar-refractivity contribution in [2.24, 2.45) is 11.1 Å². The Balaban J connectivity index is 2.84. The van der Waals surface area contributed by atoms with Crippen LogP contribution in [0.5, 0.6) is 0 Å². The summed E-state index contributed by atoms with van der Waals surface area (Å²) in [5.74, 6) is 0. The molecule has 1 fully saturated rings. The van der Waals surface area contributed by atoms with E-state index >= 15 is 0 Å². The SMILES string of the molecule is CC1(C)CCC(C(N)CCO)N(C(=O)OC(C)(C)C)C1. The smallest absolute Gasteiger partial charge is 0.410 e. The topological polar surface area (TPSA) is 75.8 Å². The second-order valence-electron chi connectivity index (χ2n) is 7.55. The first-order valence-electron chi connectivity index (χ1n) is 7.42. The van der Waals surface area contributed by atoms with E-state index in [-0.39, 0.29) is 30.2 Å². The molecule has 3 N–H and O–H groups in total. The van der Waals surface area contributed by atoms with E-state index in [1.54, 1.807) is 4.90 Å². The largest absolute Gasteiger partial charge is 0.444 e. The molecule has 0 spiro atoms. The zero-order valence-corrected chi connectivity index (χ0v) is 13.5. The van der Waals surface area contributed by atoms with E-state index in [0.717, 1.165) is 12.8 Å². The van der Waals surface area contributed by atoms with Gasteiger partial charge in [-0.3, -0.25) is 0 Å². The van der Waals surface area contributed by atoms with Crippen LogP contribution in [-0.2, 0) is 4.74 Å². The maximum Gasteiger partial charge on any atom is 0.410 e. The van der Waals surface area contributed by atoms with Crippen molar-refractivity contribution in [1.29, 1.82) is 0 Å². The molecule has 1 heterocycles. The van der Waals surface area contributed by atoms with Crippen LogP contribution in [0.2, 0.25) is 0 Å². The molecule has 0 bridgehead atoms. The normalized spacial score (nSPS) is 24.4. The summed E-state index contributed by atoms with van der Waals surface area (Å²) in [6, 6.07) is -0.256. The van der Waals surface area contributed by atoms with Gasteiger partial charge in [-0.05, 0) is 45.4 Å². The summed E-state index contributed by atoms with van der Waals surface area (Å²) in [6.45, 7) is 10.6. The van der Waals surface area contributed by atoms with Crippen molar-refractivity contribution in [1.82, 2.24) is 4.90 Å². The molecule has 1 aliphatic rings. The van der Waals surface area contributed by atoms with E-state index < -0.39 is 5.60 Å². The summed E-state index contributed by atoms with van der Waals surface area (Å²) in [5.41, 5.74) is 5.70. The molecule has 1 amide bonds. The predicted molar refractivity (Wildman–Crippen MR) is 79.4 cm³/mol. The third-order valence-electron chi connectivity index (χ3n) is 3.70. The number of aliphatic hydroxyl groups is 1. The highest BCUT2D eigenvalue weighted by Gasteiger charge is 2.39. The second-order valence-corrected chi connectivity index (χ2v) is 7.55. The molecule has 0 aromatic heterocycles. The third kappa shape index (κ3) is 4.94. The zero-order valence-electron chi connectivity index (χ0n) is 13.5. The Morgan fingerprint density at radius 3 is 2.60 bits per heavy atom. The van der Waals surface area contributed by atoms with Gasteiger partial charge in [-0.2, -0.15) is 0 Å². The summed E-state index contributed by atoms with van der Waals surface area (Å²) in [5, 5.41) is 9.07. The van der Waals surface area contributed by atoms with E-state index in [0.29, 0.717) is 13.0 Å². The number of aliphatic hydroxyl groups excluding tert-OH is 1. The number of amides is 1. The molecule has 20 heavy (non-hydrogen) atoms. The Hall–Kier alpha value is -0.810. The number of likely N-dealkylation sites (tertiary alicyclic amines) is 1. The molecule has 1 aliphatic heterocycles. The molecule has 0 aromatic rings. The summed E-state index contributed by atoms with van der Waals surface area (Å²) < 4.78 is 5.50. The minimum Gasteiger partial charge on any atom is -0.444 e. The van der Waals surface area contributed by atoms with Gasteiger partial charge in [0, 0.05) is 19.2 Å². The van der Waals surface area contributed by atoms with Crippen LogP contribution >= 0.6 is 0 Å². The predicted octanol–water partition coefficient (Wildman–Crippen LogP) is 2.12. The molecule has 5 nitrogen and oxygen atoms in total. The maximum absolute atomic E-state index is 12.4. The van der Waals surface area contributed by atoms with Crippen LogP contribution in [0.3, 0.4) is 0 Å². The molecule has 1 saturated heterocycles. The van der Waals surface area contributed by atoms with Crippen LogP contribution in [-0.4, -0.2) is 46.9 Å². The Kier molecular flexibility index (Phi) is 5.44. The van der Waals surface area contributed by atoms with E-state index in [9.17, 15) is 4.79 Å². The summed E-state index contributed by atoms with van der Waals surface area (Å²) in [7, 11) is 0. The lowest BCUT2D eigenvalue weighted by Gasteiger charge is -2.45. The quantitative estimate of drug-likeness (QED) is 0.833. The Morgan fingerprint density at radius 1 is 1.50 bits per heavy atom. The number of piperidine rings is 1.